The lowest BCUT2D eigenvalue weighted by molar-refractivity contribution is 0.256. The summed E-state index contributed by atoms with van der Waals surface area (Å²) < 4.78 is 5.31. The molecule has 8 heteroatoms. The summed E-state index contributed by atoms with van der Waals surface area (Å²) in [6.07, 6.45) is 0.546. The number of aromatic nitrogens is 3. The first-order chi connectivity index (χ1) is 9.22. The molecule has 1 fully saturated rings. The predicted octanol–water partition coefficient (Wildman–Crippen LogP) is 1.42. The van der Waals surface area contributed by atoms with E-state index in [1.165, 1.54) is 11.3 Å². The quantitative estimate of drug-likeness (QED) is 0.917. The van der Waals surface area contributed by atoms with Crippen LogP contribution in [0.1, 0.15) is 23.5 Å². The monoisotopic (exact) mass is 297 g/mol. The lowest BCUT2D eigenvalue weighted by Crippen LogP contribution is -2.33. The zero-order valence-corrected chi connectivity index (χ0v) is 12.2. The number of nitrogen functional groups attached to an aromatic ring is 1. The van der Waals surface area contributed by atoms with Crippen LogP contribution in [0.5, 0.6) is 0 Å². The van der Waals surface area contributed by atoms with Crippen molar-refractivity contribution >= 4 is 28.2 Å². The largest absolute Gasteiger partial charge is 0.375 e. The van der Waals surface area contributed by atoms with Crippen molar-refractivity contribution in [1.29, 1.82) is 0 Å². The summed E-state index contributed by atoms with van der Waals surface area (Å²) in [5, 5.41) is 6.58. The fourth-order valence-corrected chi connectivity index (χ4v) is 3.77. The van der Waals surface area contributed by atoms with Gasteiger partial charge in [-0.05, 0) is 7.05 Å². The van der Waals surface area contributed by atoms with Crippen molar-refractivity contribution in [2.75, 3.05) is 30.8 Å². The molecule has 2 aromatic heterocycles. The Morgan fingerprint density at radius 3 is 3.16 bits per heavy atom. The van der Waals surface area contributed by atoms with Crippen LogP contribution in [0.3, 0.4) is 0 Å². The van der Waals surface area contributed by atoms with Crippen LogP contribution in [0.15, 0.2) is 9.90 Å². The summed E-state index contributed by atoms with van der Waals surface area (Å²) in [5.74, 6) is 3.55. The first kappa shape index (κ1) is 12.9. The number of rotatable bonds is 3. The minimum atomic E-state index is 0.247. The molecular formula is C11H15N5OS2. The number of nitrogens with two attached hydrogens (primary N) is 1. The van der Waals surface area contributed by atoms with Gasteiger partial charge in [0.1, 0.15) is 0 Å². The fraction of sp³-hybridized carbons (Fsp3) is 0.545. The summed E-state index contributed by atoms with van der Waals surface area (Å²) in [7, 11) is 2.10. The second-order valence-electron chi connectivity index (χ2n) is 4.47. The van der Waals surface area contributed by atoms with E-state index in [9.17, 15) is 0 Å². The van der Waals surface area contributed by atoms with Crippen LogP contribution in [-0.4, -0.2) is 45.1 Å². The molecule has 0 bridgehead atoms. The van der Waals surface area contributed by atoms with Gasteiger partial charge in [0.25, 0.3) is 0 Å². The first-order valence-electron chi connectivity index (χ1n) is 6.02. The van der Waals surface area contributed by atoms with E-state index in [-0.39, 0.29) is 6.04 Å². The van der Waals surface area contributed by atoms with Gasteiger partial charge in [0.2, 0.25) is 5.89 Å². The Balaban J connectivity index is 1.72. The summed E-state index contributed by atoms with van der Waals surface area (Å²) in [4.78, 5) is 10.9. The number of nitrogens with zero attached hydrogens (tertiary/aromatic N) is 4. The van der Waals surface area contributed by atoms with Gasteiger partial charge < -0.3 is 10.3 Å². The molecule has 0 aromatic carbocycles. The fourth-order valence-electron chi connectivity index (χ4n) is 1.99. The molecule has 1 aliphatic rings. The van der Waals surface area contributed by atoms with Crippen LogP contribution in [-0.2, 0) is 6.42 Å². The number of thioether (sulfide) groups is 1. The minimum Gasteiger partial charge on any atom is -0.375 e. The summed E-state index contributed by atoms with van der Waals surface area (Å²) in [5.41, 5.74) is 6.48. The van der Waals surface area contributed by atoms with Crippen LogP contribution in [0.2, 0.25) is 0 Å². The van der Waals surface area contributed by atoms with E-state index in [1.54, 1.807) is 0 Å². The van der Waals surface area contributed by atoms with Gasteiger partial charge in [-0.2, -0.15) is 16.7 Å². The molecule has 19 heavy (non-hydrogen) atoms. The molecule has 2 aromatic rings. The molecule has 102 valence electrons. The molecule has 2 N–H and O–H groups in total. The van der Waals surface area contributed by atoms with Gasteiger partial charge in [0, 0.05) is 23.4 Å². The van der Waals surface area contributed by atoms with Crippen LogP contribution < -0.4 is 5.73 Å². The Bertz CT molecular complexity index is 555. The van der Waals surface area contributed by atoms with E-state index in [0.717, 1.165) is 29.6 Å². The molecule has 1 saturated heterocycles. The minimum absolute atomic E-state index is 0.247. The van der Waals surface area contributed by atoms with Gasteiger partial charge in [0.05, 0.1) is 18.2 Å². The van der Waals surface area contributed by atoms with Crippen molar-refractivity contribution in [3.05, 3.63) is 22.8 Å². The highest BCUT2D eigenvalue weighted by atomic mass is 32.2. The summed E-state index contributed by atoms with van der Waals surface area (Å²) in [6.45, 7) is 1.06. The Kier molecular flexibility index (Phi) is 3.72. The third-order valence-corrected chi connectivity index (χ3v) is 4.83. The molecule has 6 nitrogen and oxygen atoms in total. The van der Waals surface area contributed by atoms with Gasteiger partial charge in [0.15, 0.2) is 11.0 Å². The maximum Gasteiger partial charge on any atom is 0.232 e. The van der Waals surface area contributed by atoms with Crippen LogP contribution in [0.25, 0.3) is 0 Å². The average Bonchev–Trinajstić information content (AvgIpc) is 3.00. The van der Waals surface area contributed by atoms with Crippen molar-refractivity contribution in [2.45, 2.75) is 12.5 Å². The highest BCUT2D eigenvalue weighted by molar-refractivity contribution is 7.99. The number of anilines is 1. The van der Waals surface area contributed by atoms with E-state index in [1.807, 2.05) is 17.1 Å². The van der Waals surface area contributed by atoms with Crippen molar-refractivity contribution in [3.63, 3.8) is 0 Å². The van der Waals surface area contributed by atoms with Gasteiger partial charge in [-0.3, -0.25) is 4.90 Å². The van der Waals surface area contributed by atoms with Crippen LogP contribution in [0.4, 0.5) is 5.13 Å². The smallest absolute Gasteiger partial charge is 0.232 e. The zero-order valence-electron chi connectivity index (χ0n) is 10.6. The lowest BCUT2D eigenvalue weighted by Gasteiger charge is -2.29. The van der Waals surface area contributed by atoms with E-state index in [2.05, 4.69) is 27.1 Å². The molecule has 1 aliphatic heterocycles. The molecule has 0 saturated carbocycles. The Morgan fingerprint density at radius 2 is 2.42 bits per heavy atom. The van der Waals surface area contributed by atoms with E-state index in [0.29, 0.717) is 17.4 Å². The van der Waals surface area contributed by atoms with Crippen LogP contribution >= 0.6 is 23.1 Å². The van der Waals surface area contributed by atoms with Gasteiger partial charge in [-0.1, -0.05) is 5.16 Å². The standard InChI is InChI=1S/C11H15N5OS2/c1-16-2-3-18-6-8(16)10-14-9(17-15-10)4-7-5-19-11(12)13-7/h5,8H,2-4,6H2,1H3,(H2,12,13). The van der Waals surface area contributed by atoms with Crippen molar-refractivity contribution < 1.29 is 4.52 Å². The average molecular weight is 297 g/mol. The highest BCUT2D eigenvalue weighted by Gasteiger charge is 2.25. The van der Waals surface area contributed by atoms with E-state index >= 15 is 0 Å². The first-order valence-corrected chi connectivity index (χ1v) is 8.06. The molecule has 1 atom stereocenters. The molecule has 0 spiro atoms. The predicted molar refractivity (Wildman–Crippen MR) is 76.3 cm³/mol. The molecule has 0 amide bonds. The molecular weight excluding hydrogens is 282 g/mol. The molecule has 3 rings (SSSR count). The number of thiazole rings is 1. The molecule has 0 radical (unpaired) electrons. The van der Waals surface area contributed by atoms with Gasteiger partial charge >= 0.3 is 0 Å². The SMILES string of the molecule is CN1CCSCC1c1noc(Cc2csc(N)n2)n1. The Morgan fingerprint density at radius 1 is 1.53 bits per heavy atom. The Labute approximate surface area is 119 Å². The van der Waals surface area contributed by atoms with Crippen molar-refractivity contribution in [2.24, 2.45) is 0 Å². The Hall–Kier alpha value is -1.12. The molecule has 3 heterocycles. The van der Waals surface area contributed by atoms with Crippen molar-refractivity contribution in [3.8, 4) is 0 Å². The number of hydrogen-bond acceptors (Lipinski definition) is 8. The van der Waals surface area contributed by atoms with E-state index in [4.69, 9.17) is 10.3 Å². The summed E-state index contributed by atoms with van der Waals surface area (Å²) in [6, 6.07) is 0.247. The zero-order chi connectivity index (χ0) is 13.2. The molecule has 1 unspecified atom stereocenters. The van der Waals surface area contributed by atoms with Gasteiger partial charge in [-0.25, -0.2) is 4.98 Å². The molecule has 0 aliphatic carbocycles. The maximum atomic E-state index is 5.60. The second kappa shape index (κ2) is 5.48. The third kappa shape index (κ3) is 2.90. The topological polar surface area (TPSA) is 81.1 Å². The lowest BCUT2D eigenvalue weighted by atomic mass is 10.2. The van der Waals surface area contributed by atoms with Gasteiger partial charge in [-0.15, -0.1) is 11.3 Å². The van der Waals surface area contributed by atoms with Crippen molar-refractivity contribution in [1.82, 2.24) is 20.0 Å². The second-order valence-corrected chi connectivity index (χ2v) is 6.51. The normalized spacial score (nSPS) is 20.8. The third-order valence-electron chi connectivity index (χ3n) is 3.08. The summed E-state index contributed by atoms with van der Waals surface area (Å²) >= 11 is 3.35. The van der Waals surface area contributed by atoms with E-state index < -0.39 is 0 Å². The maximum absolute atomic E-state index is 5.60. The number of hydrogen-bond donors (Lipinski definition) is 1. The van der Waals surface area contributed by atoms with Crippen LogP contribution in [0, 0.1) is 0 Å². The highest BCUT2D eigenvalue weighted by Crippen LogP contribution is 2.26.